The summed E-state index contributed by atoms with van der Waals surface area (Å²) in [6, 6.07) is 18.3. The number of ether oxygens (including phenoxy) is 4. The molecule has 68 heavy (non-hydrogen) atoms. The number of carbonyl (C=O) groups is 2. The number of halogens is 16. The molecule has 3 heterocycles. The maximum absolute atomic E-state index is 13.7. The smallest absolute Gasteiger partial charge is 0.434 e. The molecular weight excluding hydrogens is 1020 g/mol. The van der Waals surface area contributed by atoms with Gasteiger partial charge in [0, 0.05) is 88.6 Å². The van der Waals surface area contributed by atoms with Crippen molar-refractivity contribution in [1.29, 1.82) is 0 Å². The van der Waals surface area contributed by atoms with Crippen LogP contribution >= 0.6 is 15.9 Å². The summed E-state index contributed by atoms with van der Waals surface area (Å²) in [7, 11) is 0. The number of anilines is 1. The van der Waals surface area contributed by atoms with E-state index < -0.39 is 60.8 Å². The van der Waals surface area contributed by atoms with Crippen molar-refractivity contribution in [1.82, 2.24) is 19.6 Å². The molecule has 0 unspecified atom stereocenters. The molecule has 0 aliphatic carbocycles. The minimum absolute atomic E-state index is 0.00309. The number of nitrogens with zero attached hydrogens (tertiary/aromatic N) is 5. The molecule has 3 saturated heterocycles. The van der Waals surface area contributed by atoms with Crippen LogP contribution in [0, 0.1) is 0 Å². The third kappa shape index (κ3) is 15.3. The predicted octanol–water partition coefficient (Wildman–Crippen LogP) is 10.3. The van der Waals surface area contributed by atoms with Gasteiger partial charge in [-0.05, 0) is 35.9 Å². The maximum atomic E-state index is 13.7. The number of para-hydroxylation sites is 2. The van der Waals surface area contributed by atoms with Crippen LogP contribution in [0.25, 0.3) is 0 Å². The molecule has 2 amide bonds. The van der Waals surface area contributed by atoms with Crippen LogP contribution in [0.15, 0.2) is 71.2 Å². The minimum Gasteiger partial charge on any atom is -0.457 e. The summed E-state index contributed by atoms with van der Waals surface area (Å²) in [5, 5.41) is 0. The molecule has 27 heteroatoms. The quantitative estimate of drug-likeness (QED) is 0.195. The molecule has 3 aromatic carbocycles. The first-order valence-corrected chi connectivity index (χ1v) is 21.1. The van der Waals surface area contributed by atoms with Gasteiger partial charge >= 0.3 is 43.1 Å². The number of alkyl halides is 15. The van der Waals surface area contributed by atoms with Crippen LogP contribution in [0.1, 0.15) is 16.7 Å². The summed E-state index contributed by atoms with van der Waals surface area (Å²) in [5.74, 6) is 1.23. The molecule has 3 fully saturated rings. The molecule has 0 N–H and O–H groups in total. The van der Waals surface area contributed by atoms with Crippen LogP contribution in [-0.2, 0) is 33.5 Å². The largest absolute Gasteiger partial charge is 0.457 e. The molecule has 6 rings (SSSR count). The van der Waals surface area contributed by atoms with Gasteiger partial charge in [0.1, 0.15) is 11.5 Å². The number of benzene rings is 3. The molecule has 11 nitrogen and oxygen atoms in total. The lowest BCUT2D eigenvalue weighted by Gasteiger charge is -2.37. The first kappa shape index (κ1) is 54.1. The molecule has 0 saturated carbocycles. The molecule has 378 valence electrons. The Morgan fingerprint density at radius 3 is 1.46 bits per heavy atom. The lowest BCUT2D eigenvalue weighted by atomic mass is 10.0. The van der Waals surface area contributed by atoms with E-state index in [4.69, 9.17) is 9.47 Å². The van der Waals surface area contributed by atoms with Gasteiger partial charge in [0.15, 0.2) is 0 Å². The van der Waals surface area contributed by atoms with E-state index >= 15 is 0 Å². The molecule has 0 aromatic heterocycles. The number of rotatable bonds is 9. The second-order valence-corrected chi connectivity index (χ2v) is 16.2. The lowest BCUT2D eigenvalue weighted by molar-refractivity contribution is -0.309. The fraction of sp³-hybridized carbons (Fsp3) is 0.512. The van der Waals surface area contributed by atoms with E-state index in [1.807, 2.05) is 35.2 Å². The van der Waals surface area contributed by atoms with Crippen LogP contribution in [0.3, 0.4) is 0 Å². The molecule has 3 aromatic rings. The number of amides is 2. The second kappa shape index (κ2) is 22.2. The van der Waals surface area contributed by atoms with Crippen molar-refractivity contribution in [2.75, 3.05) is 83.6 Å². The van der Waals surface area contributed by atoms with Crippen LogP contribution in [-0.4, -0.2) is 147 Å². The predicted molar refractivity (Wildman–Crippen MR) is 214 cm³/mol. The zero-order chi connectivity index (χ0) is 50.2. The molecule has 0 radical (unpaired) electrons. The Labute approximate surface area is 386 Å². The van der Waals surface area contributed by atoms with Gasteiger partial charge in [0.05, 0.1) is 24.5 Å². The van der Waals surface area contributed by atoms with Gasteiger partial charge in [-0.3, -0.25) is 9.80 Å². The highest BCUT2D eigenvalue weighted by Crippen LogP contribution is 2.41. The van der Waals surface area contributed by atoms with Crippen molar-refractivity contribution in [3.05, 3.63) is 87.9 Å². The third-order valence-corrected chi connectivity index (χ3v) is 10.9. The van der Waals surface area contributed by atoms with Gasteiger partial charge in [-0.15, -0.1) is 0 Å². The third-order valence-electron chi connectivity index (χ3n) is 10.4. The Bertz CT molecular complexity index is 2090. The van der Waals surface area contributed by atoms with Crippen molar-refractivity contribution >= 4 is 33.8 Å². The molecule has 0 bridgehead atoms. The monoisotopic (exact) mass is 1060 g/mol. The van der Waals surface area contributed by atoms with E-state index in [2.05, 4.69) is 25.4 Å². The summed E-state index contributed by atoms with van der Waals surface area (Å²) in [6.45, 7) is 1.27. The normalized spacial score (nSPS) is 17.2. The van der Waals surface area contributed by atoms with Crippen LogP contribution < -0.4 is 9.64 Å². The van der Waals surface area contributed by atoms with Crippen molar-refractivity contribution in [3.8, 4) is 11.5 Å². The van der Waals surface area contributed by atoms with Crippen molar-refractivity contribution in [3.63, 3.8) is 0 Å². The lowest BCUT2D eigenvalue weighted by Crippen LogP contribution is -2.52. The Kier molecular flexibility index (Phi) is 17.7. The minimum atomic E-state index is -5.82. The zero-order valence-corrected chi connectivity index (χ0v) is 36.7. The second-order valence-electron chi connectivity index (χ2n) is 15.3. The van der Waals surface area contributed by atoms with Crippen molar-refractivity contribution < 1.29 is 94.4 Å². The van der Waals surface area contributed by atoms with Gasteiger partial charge in [-0.1, -0.05) is 52.3 Å². The van der Waals surface area contributed by atoms with E-state index in [9.17, 15) is 75.4 Å². The number of carbonyl (C=O) groups excluding carboxylic acids is 2. The highest BCUT2D eigenvalue weighted by molar-refractivity contribution is 9.10. The topological polar surface area (TPSA) is 87.3 Å². The summed E-state index contributed by atoms with van der Waals surface area (Å²) < 4.78 is 212. The van der Waals surface area contributed by atoms with Gasteiger partial charge in [-0.2, -0.15) is 65.9 Å². The summed E-state index contributed by atoms with van der Waals surface area (Å²) >= 11 is 3.39. The Morgan fingerprint density at radius 1 is 0.559 bits per heavy atom. The Hall–Kier alpha value is -4.89. The first-order valence-electron chi connectivity index (χ1n) is 20.3. The van der Waals surface area contributed by atoms with Crippen molar-refractivity contribution in [2.24, 2.45) is 0 Å². The number of hydrogen-bond donors (Lipinski definition) is 0. The fourth-order valence-corrected chi connectivity index (χ4v) is 7.47. The molecular formula is C41H41BrF15N5O6. The van der Waals surface area contributed by atoms with E-state index in [1.165, 1.54) is 12.1 Å². The SMILES string of the molecule is O=C(OC(C(F)(F)F)C(F)(F)F)N1CCN(Cc2ccc(Br)cc2Oc2ccccc2)CC1.O=C(OC(C(F)(F)F)C(F)(F)F)N1CCN(Cc2cccc(C(F)(F)F)c2N2CCOCC2)CC1. The van der Waals surface area contributed by atoms with Crippen LogP contribution in [0.2, 0.25) is 0 Å². The fourth-order valence-electron chi connectivity index (χ4n) is 7.13. The van der Waals surface area contributed by atoms with Crippen molar-refractivity contribution in [2.45, 2.75) is 56.2 Å². The van der Waals surface area contributed by atoms with E-state index in [1.54, 1.807) is 28.0 Å². The zero-order valence-electron chi connectivity index (χ0n) is 35.1. The van der Waals surface area contributed by atoms with Gasteiger partial charge in [-0.25, -0.2) is 9.59 Å². The summed E-state index contributed by atoms with van der Waals surface area (Å²) in [4.78, 5) is 30.5. The molecule has 3 aliphatic heterocycles. The standard InChI is InChI=1S/C21H19BrF6N2O3.C20H22F9N3O3/c22-15-7-6-14(17(12-15)32-16-4-2-1-3-5-16)13-29-8-10-30(11-9-29)19(31)33-18(20(23,24)25)21(26,27)28;21-18(22,23)14-3-1-2-13(15(14)31-8-10-34-11-9-31)12-30-4-6-32(7-5-30)17(33)35-16(19(24,25)26)20(27,28)29/h1-7,12,18H,8-11,13H2;1-3,16H,4-12H2. The van der Waals surface area contributed by atoms with Crippen LogP contribution in [0.5, 0.6) is 11.5 Å². The van der Waals surface area contributed by atoms with Crippen LogP contribution in [0.4, 0.5) is 81.1 Å². The Balaban J connectivity index is 0.000000255. The number of hydrogen-bond acceptors (Lipinski definition) is 9. The van der Waals surface area contributed by atoms with E-state index in [-0.39, 0.29) is 90.9 Å². The molecule has 0 atom stereocenters. The Morgan fingerprint density at radius 2 is 1.01 bits per heavy atom. The summed E-state index contributed by atoms with van der Waals surface area (Å²) in [6.07, 6.45) is -39.6. The molecule has 0 spiro atoms. The maximum Gasteiger partial charge on any atom is 0.434 e. The number of morpholine rings is 1. The summed E-state index contributed by atoms with van der Waals surface area (Å²) in [5.41, 5.74) is 0.368. The van der Waals surface area contributed by atoms with Gasteiger partial charge in [0.2, 0.25) is 0 Å². The van der Waals surface area contributed by atoms with E-state index in [0.29, 0.717) is 28.5 Å². The highest BCUT2D eigenvalue weighted by atomic mass is 79.9. The molecule has 3 aliphatic rings. The first-order chi connectivity index (χ1) is 31.6. The highest BCUT2D eigenvalue weighted by Gasteiger charge is 2.61. The van der Waals surface area contributed by atoms with Gasteiger partial charge < -0.3 is 33.6 Å². The number of piperazine rings is 2. The average Bonchev–Trinajstić information content (AvgIpc) is 3.25. The average molecular weight is 1060 g/mol. The van der Waals surface area contributed by atoms with Gasteiger partial charge in [0.25, 0.3) is 12.2 Å². The van der Waals surface area contributed by atoms with E-state index in [0.717, 1.165) is 21.0 Å².